The van der Waals surface area contributed by atoms with Gasteiger partial charge in [-0.1, -0.05) is 31.9 Å². The summed E-state index contributed by atoms with van der Waals surface area (Å²) in [5.41, 5.74) is 0.485. The van der Waals surface area contributed by atoms with Crippen molar-refractivity contribution < 1.29 is 4.79 Å². The molecule has 0 saturated heterocycles. The highest BCUT2D eigenvalue weighted by atomic mass is 35.5. The molecular formula is C13H19ClN2O. The van der Waals surface area contributed by atoms with Crippen molar-refractivity contribution in [3.8, 4) is 0 Å². The van der Waals surface area contributed by atoms with Gasteiger partial charge in [-0.05, 0) is 25.0 Å². The third-order valence-corrected chi connectivity index (χ3v) is 3.19. The molecule has 1 amide bonds. The zero-order chi connectivity index (χ0) is 12.8. The predicted molar refractivity (Wildman–Crippen MR) is 70.3 cm³/mol. The van der Waals surface area contributed by atoms with Crippen molar-refractivity contribution in [1.82, 2.24) is 9.88 Å². The molecule has 1 atom stereocenters. The number of carbonyl (C=O) groups is 1. The van der Waals surface area contributed by atoms with E-state index in [4.69, 9.17) is 11.6 Å². The second-order valence-corrected chi connectivity index (χ2v) is 4.56. The minimum absolute atomic E-state index is 0.0362. The Kier molecular flexibility index (Phi) is 5.42. The highest BCUT2D eigenvalue weighted by Gasteiger charge is 2.18. The number of hydrogen-bond donors (Lipinski definition) is 0. The molecule has 0 aliphatic heterocycles. The van der Waals surface area contributed by atoms with Crippen molar-refractivity contribution >= 4 is 17.5 Å². The van der Waals surface area contributed by atoms with Crippen LogP contribution in [0.15, 0.2) is 18.3 Å². The number of nitrogens with zero attached hydrogens (tertiary/aromatic N) is 2. The first-order chi connectivity index (χ1) is 8.10. The maximum atomic E-state index is 12.2. The summed E-state index contributed by atoms with van der Waals surface area (Å²) in [6.07, 6.45) is 2.65. The quantitative estimate of drug-likeness (QED) is 0.756. The molecule has 1 aromatic rings. The van der Waals surface area contributed by atoms with E-state index >= 15 is 0 Å². The Morgan fingerprint density at radius 2 is 2.24 bits per heavy atom. The zero-order valence-electron chi connectivity index (χ0n) is 10.6. The zero-order valence-corrected chi connectivity index (χ0v) is 11.4. The molecule has 0 aromatic carbocycles. The van der Waals surface area contributed by atoms with Gasteiger partial charge in [0.15, 0.2) is 0 Å². The van der Waals surface area contributed by atoms with Crippen LogP contribution in [0, 0.1) is 5.92 Å². The van der Waals surface area contributed by atoms with Crippen molar-refractivity contribution in [2.75, 3.05) is 13.1 Å². The van der Waals surface area contributed by atoms with Gasteiger partial charge in [-0.15, -0.1) is 0 Å². The Bertz CT molecular complexity index is 381. The van der Waals surface area contributed by atoms with Crippen LogP contribution >= 0.6 is 11.6 Å². The van der Waals surface area contributed by atoms with E-state index in [1.165, 1.54) is 0 Å². The monoisotopic (exact) mass is 254 g/mol. The average Bonchev–Trinajstić information content (AvgIpc) is 2.35. The molecule has 17 heavy (non-hydrogen) atoms. The molecular weight excluding hydrogens is 236 g/mol. The summed E-state index contributed by atoms with van der Waals surface area (Å²) in [5.74, 6) is 0.459. The van der Waals surface area contributed by atoms with Gasteiger partial charge in [0.1, 0.15) is 5.15 Å². The van der Waals surface area contributed by atoms with Gasteiger partial charge < -0.3 is 4.90 Å². The van der Waals surface area contributed by atoms with E-state index in [0.717, 1.165) is 13.0 Å². The van der Waals surface area contributed by atoms with E-state index in [0.29, 0.717) is 18.0 Å². The molecule has 0 spiro atoms. The smallest absolute Gasteiger partial charge is 0.256 e. The van der Waals surface area contributed by atoms with Crippen LogP contribution in [0.1, 0.15) is 37.6 Å². The first-order valence-corrected chi connectivity index (χ1v) is 6.37. The van der Waals surface area contributed by atoms with E-state index in [1.807, 2.05) is 11.8 Å². The van der Waals surface area contributed by atoms with Gasteiger partial charge in [0, 0.05) is 19.3 Å². The molecule has 0 aliphatic carbocycles. The number of hydrogen-bond acceptors (Lipinski definition) is 2. The number of halogens is 1. The summed E-state index contributed by atoms with van der Waals surface area (Å²) in [5, 5.41) is 0.278. The number of carbonyl (C=O) groups excluding carboxylic acids is 1. The molecule has 0 fully saturated rings. The summed E-state index contributed by atoms with van der Waals surface area (Å²) >= 11 is 5.93. The van der Waals surface area contributed by atoms with Crippen molar-refractivity contribution in [2.24, 2.45) is 5.92 Å². The van der Waals surface area contributed by atoms with Gasteiger partial charge in [-0.3, -0.25) is 4.79 Å². The van der Waals surface area contributed by atoms with E-state index in [2.05, 4.69) is 18.8 Å². The molecule has 0 aliphatic rings. The van der Waals surface area contributed by atoms with E-state index in [-0.39, 0.29) is 11.1 Å². The standard InChI is InChI=1S/C13H19ClN2O/c1-4-10(3)9-16(5-2)13(17)11-7-6-8-15-12(11)14/h6-8,10H,4-5,9H2,1-3H3. The highest BCUT2D eigenvalue weighted by Crippen LogP contribution is 2.15. The highest BCUT2D eigenvalue weighted by molar-refractivity contribution is 6.32. The number of amides is 1. The summed E-state index contributed by atoms with van der Waals surface area (Å²) in [7, 11) is 0. The second-order valence-electron chi connectivity index (χ2n) is 4.20. The lowest BCUT2D eigenvalue weighted by molar-refractivity contribution is 0.0740. The van der Waals surface area contributed by atoms with Crippen molar-refractivity contribution in [2.45, 2.75) is 27.2 Å². The lowest BCUT2D eigenvalue weighted by Crippen LogP contribution is -2.34. The Morgan fingerprint density at radius 1 is 1.53 bits per heavy atom. The van der Waals surface area contributed by atoms with Crippen LogP contribution < -0.4 is 0 Å². The van der Waals surface area contributed by atoms with Gasteiger partial charge >= 0.3 is 0 Å². The van der Waals surface area contributed by atoms with Crippen molar-refractivity contribution in [3.63, 3.8) is 0 Å². The van der Waals surface area contributed by atoms with Gasteiger partial charge in [0.2, 0.25) is 0 Å². The minimum atomic E-state index is -0.0362. The van der Waals surface area contributed by atoms with Gasteiger partial charge in [-0.25, -0.2) is 4.98 Å². The van der Waals surface area contributed by atoms with Crippen molar-refractivity contribution in [1.29, 1.82) is 0 Å². The summed E-state index contributed by atoms with van der Waals surface area (Å²) in [6, 6.07) is 3.45. The molecule has 0 radical (unpaired) electrons. The molecule has 4 heteroatoms. The second kappa shape index (κ2) is 6.60. The minimum Gasteiger partial charge on any atom is -0.339 e. The van der Waals surface area contributed by atoms with Gasteiger partial charge in [-0.2, -0.15) is 0 Å². The normalized spacial score (nSPS) is 12.2. The predicted octanol–water partition coefficient (Wildman–Crippen LogP) is 3.24. The third kappa shape index (κ3) is 3.70. The van der Waals surface area contributed by atoms with E-state index in [1.54, 1.807) is 18.3 Å². The van der Waals surface area contributed by atoms with Crippen LogP contribution in [0.5, 0.6) is 0 Å². The van der Waals surface area contributed by atoms with Crippen LogP contribution in [0.2, 0.25) is 5.15 Å². The SMILES string of the molecule is CCC(C)CN(CC)C(=O)c1cccnc1Cl. The molecule has 0 saturated carbocycles. The fourth-order valence-electron chi connectivity index (χ4n) is 1.58. The molecule has 1 aromatic heterocycles. The fourth-order valence-corrected chi connectivity index (χ4v) is 1.78. The van der Waals surface area contributed by atoms with Crippen LogP contribution in [-0.2, 0) is 0 Å². The van der Waals surface area contributed by atoms with E-state index < -0.39 is 0 Å². The molecule has 0 N–H and O–H groups in total. The molecule has 0 bridgehead atoms. The molecule has 1 heterocycles. The third-order valence-electron chi connectivity index (χ3n) is 2.89. The summed E-state index contributed by atoms with van der Waals surface area (Å²) < 4.78 is 0. The molecule has 94 valence electrons. The molecule has 3 nitrogen and oxygen atoms in total. The topological polar surface area (TPSA) is 33.2 Å². The van der Waals surface area contributed by atoms with Crippen LogP contribution in [0.25, 0.3) is 0 Å². The van der Waals surface area contributed by atoms with Crippen LogP contribution in [0.4, 0.5) is 0 Å². The Hall–Kier alpha value is -1.09. The first-order valence-electron chi connectivity index (χ1n) is 5.99. The van der Waals surface area contributed by atoms with E-state index in [9.17, 15) is 4.79 Å². The largest absolute Gasteiger partial charge is 0.339 e. The fraction of sp³-hybridized carbons (Fsp3) is 0.538. The lowest BCUT2D eigenvalue weighted by Gasteiger charge is -2.24. The Labute approximate surface area is 108 Å². The van der Waals surface area contributed by atoms with Crippen LogP contribution in [0.3, 0.4) is 0 Å². The number of pyridine rings is 1. The summed E-state index contributed by atoms with van der Waals surface area (Å²) in [4.78, 5) is 18.0. The molecule has 1 unspecified atom stereocenters. The molecule has 1 rings (SSSR count). The lowest BCUT2D eigenvalue weighted by atomic mass is 10.1. The van der Waals surface area contributed by atoms with Crippen LogP contribution in [-0.4, -0.2) is 28.9 Å². The van der Waals surface area contributed by atoms with Crippen molar-refractivity contribution in [3.05, 3.63) is 29.0 Å². The number of rotatable bonds is 5. The van der Waals surface area contributed by atoms with Gasteiger partial charge in [0.25, 0.3) is 5.91 Å². The Morgan fingerprint density at radius 3 is 2.76 bits per heavy atom. The van der Waals surface area contributed by atoms with Gasteiger partial charge in [0.05, 0.1) is 5.56 Å². The Balaban J connectivity index is 2.83. The first kappa shape index (κ1) is 14.0. The maximum absolute atomic E-state index is 12.2. The summed E-state index contributed by atoms with van der Waals surface area (Å²) in [6.45, 7) is 7.69. The number of aromatic nitrogens is 1. The maximum Gasteiger partial charge on any atom is 0.256 e. The average molecular weight is 255 g/mol.